The number of rotatable bonds is 4. The Morgan fingerprint density at radius 3 is 2.65 bits per heavy atom. The first-order chi connectivity index (χ1) is 7.95. The van der Waals surface area contributed by atoms with Gasteiger partial charge in [-0.3, -0.25) is 9.59 Å². The van der Waals surface area contributed by atoms with Crippen LogP contribution in [0.4, 0.5) is 0 Å². The van der Waals surface area contributed by atoms with Gasteiger partial charge in [0.1, 0.15) is 10.4 Å². The maximum atomic E-state index is 11.8. The molecule has 1 aromatic rings. The van der Waals surface area contributed by atoms with Crippen molar-refractivity contribution in [2.45, 2.75) is 32.7 Å². The zero-order valence-corrected chi connectivity index (χ0v) is 10.5. The highest BCUT2D eigenvalue weighted by atomic mass is 32.1. The summed E-state index contributed by atoms with van der Waals surface area (Å²) in [6.07, 6.45) is 2.60. The van der Waals surface area contributed by atoms with Gasteiger partial charge >= 0.3 is 5.97 Å². The van der Waals surface area contributed by atoms with E-state index in [4.69, 9.17) is 5.11 Å². The fourth-order valence-electron chi connectivity index (χ4n) is 1.63. The summed E-state index contributed by atoms with van der Waals surface area (Å²) in [5.74, 6) is -1.43. The van der Waals surface area contributed by atoms with E-state index in [0.29, 0.717) is 12.8 Å². The Hall–Kier alpha value is -1.43. The minimum absolute atomic E-state index is 0.238. The van der Waals surface area contributed by atoms with Gasteiger partial charge in [0.15, 0.2) is 0 Å². The number of carbonyl (C=O) groups is 2. The Morgan fingerprint density at radius 1 is 1.59 bits per heavy atom. The predicted octanol–water partition coefficient (Wildman–Crippen LogP) is 1.49. The molecule has 1 atom stereocenters. The van der Waals surface area contributed by atoms with Gasteiger partial charge in [-0.15, -0.1) is 11.3 Å². The molecule has 2 rings (SSSR count). The number of hydrogen-bond donors (Lipinski definition) is 2. The topological polar surface area (TPSA) is 79.3 Å². The molecule has 17 heavy (non-hydrogen) atoms. The molecule has 1 fully saturated rings. The fraction of sp³-hybridized carbons (Fsp3) is 0.545. The molecule has 6 heteroatoms. The number of amides is 1. The van der Waals surface area contributed by atoms with Crippen LogP contribution in [-0.4, -0.2) is 22.0 Å². The van der Waals surface area contributed by atoms with Gasteiger partial charge in [-0.05, 0) is 26.7 Å². The average Bonchev–Trinajstić information content (AvgIpc) is 2.96. The number of carbonyl (C=O) groups excluding carboxylic acids is 1. The summed E-state index contributed by atoms with van der Waals surface area (Å²) in [4.78, 5) is 28.1. The van der Waals surface area contributed by atoms with E-state index in [1.54, 1.807) is 6.20 Å². The molecule has 0 radical (unpaired) electrons. The zero-order chi connectivity index (χ0) is 12.6. The number of carboxylic acids is 1. The second-order valence-electron chi connectivity index (χ2n) is 4.39. The van der Waals surface area contributed by atoms with Crippen molar-refractivity contribution in [2.75, 3.05) is 0 Å². The molecule has 1 saturated carbocycles. The van der Waals surface area contributed by atoms with Gasteiger partial charge in [0.2, 0.25) is 5.91 Å². The summed E-state index contributed by atoms with van der Waals surface area (Å²) in [7, 11) is 0. The van der Waals surface area contributed by atoms with E-state index in [1.807, 2.05) is 13.8 Å². The van der Waals surface area contributed by atoms with Crippen molar-refractivity contribution < 1.29 is 14.7 Å². The van der Waals surface area contributed by atoms with Crippen LogP contribution < -0.4 is 5.32 Å². The molecule has 0 bridgehead atoms. The smallest absolute Gasteiger partial charge is 0.319 e. The highest BCUT2D eigenvalue weighted by Gasteiger charge is 2.57. The van der Waals surface area contributed by atoms with Crippen LogP contribution in [0.5, 0.6) is 0 Å². The van der Waals surface area contributed by atoms with Crippen molar-refractivity contribution in [3.05, 3.63) is 16.1 Å². The zero-order valence-electron chi connectivity index (χ0n) is 9.69. The monoisotopic (exact) mass is 254 g/mol. The number of nitrogens with one attached hydrogen (secondary N) is 1. The molecule has 1 heterocycles. The molecule has 92 valence electrons. The Kier molecular flexibility index (Phi) is 2.91. The van der Waals surface area contributed by atoms with Crippen molar-refractivity contribution in [1.82, 2.24) is 10.3 Å². The van der Waals surface area contributed by atoms with Gasteiger partial charge in [0.05, 0.1) is 6.04 Å². The molecule has 0 spiro atoms. The van der Waals surface area contributed by atoms with Crippen LogP contribution in [0.2, 0.25) is 0 Å². The maximum absolute atomic E-state index is 11.8. The van der Waals surface area contributed by atoms with Crippen molar-refractivity contribution in [3.63, 3.8) is 0 Å². The third-order valence-corrected chi connectivity index (χ3v) is 4.05. The average molecular weight is 254 g/mol. The van der Waals surface area contributed by atoms with Crippen molar-refractivity contribution >= 4 is 23.2 Å². The lowest BCUT2D eigenvalue weighted by molar-refractivity contribution is -0.149. The van der Waals surface area contributed by atoms with Crippen LogP contribution in [0.25, 0.3) is 0 Å². The van der Waals surface area contributed by atoms with Gasteiger partial charge < -0.3 is 10.4 Å². The Balaban J connectivity index is 2.02. The quantitative estimate of drug-likeness (QED) is 0.798. The minimum atomic E-state index is -1.18. The van der Waals surface area contributed by atoms with E-state index in [-0.39, 0.29) is 6.04 Å². The summed E-state index contributed by atoms with van der Waals surface area (Å²) < 4.78 is 0. The summed E-state index contributed by atoms with van der Waals surface area (Å²) >= 11 is 1.50. The highest BCUT2D eigenvalue weighted by molar-refractivity contribution is 7.11. The van der Waals surface area contributed by atoms with Gasteiger partial charge in [-0.1, -0.05) is 0 Å². The number of aryl methyl sites for hydroxylation is 1. The van der Waals surface area contributed by atoms with E-state index in [2.05, 4.69) is 10.3 Å². The lowest BCUT2D eigenvalue weighted by Gasteiger charge is -2.15. The number of aliphatic carboxylic acids is 1. The number of thiazole rings is 1. The first kappa shape index (κ1) is 12.0. The van der Waals surface area contributed by atoms with Crippen LogP contribution in [0, 0.1) is 12.3 Å². The molecule has 1 aliphatic carbocycles. The molecule has 1 aliphatic rings. The molecule has 1 aromatic heterocycles. The Morgan fingerprint density at radius 2 is 2.24 bits per heavy atom. The number of aromatic nitrogens is 1. The first-order valence-corrected chi connectivity index (χ1v) is 6.24. The van der Waals surface area contributed by atoms with E-state index in [0.717, 1.165) is 9.88 Å². The molecule has 1 unspecified atom stereocenters. The van der Waals surface area contributed by atoms with Gasteiger partial charge in [-0.25, -0.2) is 4.98 Å². The van der Waals surface area contributed by atoms with E-state index < -0.39 is 17.3 Å². The first-order valence-electron chi connectivity index (χ1n) is 5.42. The predicted molar refractivity (Wildman–Crippen MR) is 62.7 cm³/mol. The molecule has 0 saturated heterocycles. The van der Waals surface area contributed by atoms with E-state index in [9.17, 15) is 9.59 Å². The highest BCUT2D eigenvalue weighted by Crippen LogP contribution is 2.46. The van der Waals surface area contributed by atoms with Gasteiger partial charge in [0, 0.05) is 11.1 Å². The maximum Gasteiger partial charge on any atom is 0.319 e. The van der Waals surface area contributed by atoms with Crippen LogP contribution in [0.3, 0.4) is 0 Å². The number of carboxylic acid groups (broad SMARTS) is 1. The fourth-order valence-corrected chi connectivity index (χ4v) is 2.41. The van der Waals surface area contributed by atoms with Gasteiger partial charge in [-0.2, -0.15) is 0 Å². The Labute approximate surface area is 103 Å². The second kappa shape index (κ2) is 4.10. The van der Waals surface area contributed by atoms with E-state index >= 15 is 0 Å². The molecule has 1 amide bonds. The SMILES string of the molecule is Cc1cnc(C(C)NC(=O)C2(C(=O)O)CC2)s1. The van der Waals surface area contributed by atoms with E-state index in [1.165, 1.54) is 11.3 Å². The van der Waals surface area contributed by atoms with Crippen LogP contribution in [0.15, 0.2) is 6.20 Å². The largest absolute Gasteiger partial charge is 0.480 e. The third-order valence-electron chi connectivity index (χ3n) is 2.95. The summed E-state index contributed by atoms with van der Waals surface area (Å²) in [6, 6.07) is -0.238. The second-order valence-corrected chi connectivity index (χ2v) is 5.66. The van der Waals surface area contributed by atoms with Gasteiger partial charge in [0.25, 0.3) is 0 Å². The summed E-state index contributed by atoms with van der Waals surface area (Å²) in [6.45, 7) is 3.75. The lowest BCUT2D eigenvalue weighted by Crippen LogP contribution is -2.38. The van der Waals surface area contributed by atoms with Crippen LogP contribution in [-0.2, 0) is 9.59 Å². The molecule has 2 N–H and O–H groups in total. The molecule has 0 aromatic carbocycles. The molecular formula is C11H14N2O3S. The van der Waals surface area contributed by atoms with Crippen molar-refractivity contribution in [2.24, 2.45) is 5.41 Å². The number of hydrogen-bond acceptors (Lipinski definition) is 4. The lowest BCUT2D eigenvalue weighted by atomic mass is 10.1. The standard InChI is InChI=1S/C11H14N2O3S/c1-6-5-12-8(17-6)7(2)13-9(14)11(3-4-11)10(15)16/h5,7H,3-4H2,1-2H3,(H,13,14)(H,15,16). The minimum Gasteiger partial charge on any atom is -0.480 e. The van der Waals surface area contributed by atoms with Crippen molar-refractivity contribution in [1.29, 1.82) is 0 Å². The normalized spacial score (nSPS) is 18.5. The summed E-state index contributed by atoms with van der Waals surface area (Å²) in [5.41, 5.74) is -1.18. The number of nitrogens with zero attached hydrogens (tertiary/aromatic N) is 1. The van der Waals surface area contributed by atoms with Crippen LogP contribution >= 0.6 is 11.3 Å². The molecule has 0 aliphatic heterocycles. The molecular weight excluding hydrogens is 240 g/mol. The van der Waals surface area contributed by atoms with Crippen LogP contribution in [0.1, 0.15) is 35.7 Å². The summed E-state index contributed by atoms with van der Waals surface area (Å²) in [5, 5.41) is 12.5. The molecule has 5 nitrogen and oxygen atoms in total. The Bertz CT molecular complexity index is 465. The van der Waals surface area contributed by atoms with Crippen molar-refractivity contribution in [3.8, 4) is 0 Å². The third kappa shape index (κ3) is 2.17.